The number of nitrogens with zero attached hydrogens (tertiary/aromatic N) is 2. The van der Waals surface area contributed by atoms with Crippen molar-refractivity contribution in [2.75, 3.05) is 72.6 Å². The summed E-state index contributed by atoms with van der Waals surface area (Å²) < 4.78 is 21.3. The molecule has 7 nitrogen and oxygen atoms in total. The molecular formula is C101H225N3O4. The highest BCUT2D eigenvalue weighted by Crippen LogP contribution is 2.32. The predicted octanol–water partition coefficient (Wildman–Crippen LogP) is 33.5. The Morgan fingerprint density at radius 1 is 0.231 bits per heavy atom. The van der Waals surface area contributed by atoms with Crippen LogP contribution in [-0.2, 0) is 18.9 Å². The van der Waals surface area contributed by atoms with Gasteiger partial charge in [0.25, 0.3) is 0 Å². The summed E-state index contributed by atoms with van der Waals surface area (Å²) in [6.45, 7) is 97.7. The maximum Gasteiger partial charge on any atom is 0.0993 e. The lowest BCUT2D eigenvalue weighted by atomic mass is 9.82. The lowest BCUT2D eigenvalue weighted by Gasteiger charge is -2.26. The van der Waals surface area contributed by atoms with Crippen LogP contribution in [0.5, 0.6) is 0 Å². The Morgan fingerprint density at radius 2 is 0.546 bits per heavy atom. The molecule has 0 aromatic rings. The summed E-state index contributed by atoms with van der Waals surface area (Å²) in [5, 5.41) is 3.52. The van der Waals surface area contributed by atoms with Crippen LogP contribution in [0.1, 0.15) is 482 Å². The highest BCUT2D eigenvalue weighted by atomic mass is 16.5. The number of piperidine rings is 1. The van der Waals surface area contributed by atoms with Gasteiger partial charge < -0.3 is 29.2 Å². The van der Waals surface area contributed by atoms with Gasteiger partial charge in [-0.3, -0.25) is 4.90 Å². The van der Waals surface area contributed by atoms with Gasteiger partial charge in [0.05, 0.1) is 19.4 Å². The molecule has 10 rings (SSSR count). The number of hydrogen-bond donors (Lipinski definition) is 1. The molecule has 0 spiro atoms. The van der Waals surface area contributed by atoms with Crippen LogP contribution in [0, 0.1) is 82.9 Å². The molecule has 1 N–H and O–H groups in total. The number of hydrogen-bond acceptors (Lipinski definition) is 7. The van der Waals surface area contributed by atoms with Crippen LogP contribution in [0.15, 0.2) is 0 Å². The molecule has 668 valence electrons. The first kappa shape index (κ1) is 128. The number of nitrogens with one attached hydrogen (secondary N) is 1. The average molecular weight is 1550 g/mol. The molecule has 7 heteroatoms. The van der Waals surface area contributed by atoms with E-state index in [0.717, 1.165) is 142 Å². The van der Waals surface area contributed by atoms with Gasteiger partial charge in [-0.1, -0.05) is 384 Å². The summed E-state index contributed by atoms with van der Waals surface area (Å²) >= 11 is 0. The van der Waals surface area contributed by atoms with E-state index in [9.17, 15) is 0 Å². The van der Waals surface area contributed by atoms with Crippen LogP contribution >= 0.6 is 0 Å². The summed E-state index contributed by atoms with van der Waals surface area (Å²) in [6, 6.07) is 2.23. The van der Waals surface area contributed by atoms with Gasteiger partial charge in [0, 0.05) is 57.7 Å². The topological polar surface area (TPSA) is 55.4 Å². The third-order valence-corrected chi connectivity index (χ3v) is 22.2. The summed E-state index contributed by atoms with van der Waals surface area (Å²) in [4.78, 5) is 4.83. The van der Waals surface area contributed by atoms with E-state index in [1.165, 1.54) is 225 Å². The van der Waals surface area contributed by atoms with Crippen molar-refractivity contribution in [2.24, 2.45) is 82.9 Å². The van der Waals surface area contributed by atoms with Crippen LogP contribution in [0.2, 0.25) is 0 Å². The minimum Gasteiger partial charge on any atom is -0.381 e. The van der Waals surface area contributed by atoms with Gasteiger partial charge in [-0.25, -0.2) is 0 Å². The molecule has 0 aromatic heterocycles. The Balaban J connectivity index is -0.000000120. The number of ether oxygens (including phenoxy) is 4. The highest BCUT2D eigenvalue weighted by molar-refractivity contribution is 4.76. The minimum atomic E-state index is 0.554. The molecule has 6 heterocycles. The van der Waals surface area contributed by atoms with Crippen molar-refractivity contribution in [1.29, 1.82) is 0 Å². The van der Waals surface area contributed by atoms with E-state index in [4.69, 9.17) is 18.9 Å². The Hall–Kier alpha value is -0.280. The number of rotatable bonds is 10. The maximum atomic E-state index is 5.54. The molecule has 108 heavy (non-hydrogen) atoms. The van der Waals surface area contributed by atoms with Crippen molar-refractivity contribution in [3.8, 4) is 0 Å². The summed E-state index contributed by atoms with van der Waals surface area (Å²) in [6.07, 6.45) is 46.5. The molecule has 0 aromatic carbocycles. The summed E-state index contributed by atoms with van der Waals surface area (Å²) in [7, 11) is 0. The van der Waals surface area contributed by atoms with E-state index in [1.54, 1.807) is 0 Å². The van der Waals surface area contributed by atoms with Crippen molar-refractivity contribution in [1.82, 2.24) is 15.1 Å². The van der Waals surface area contributed by atoms with Crippen molar-refractivity contribution >= 4 is 0 Å². The maximum absolute atomic E-state index is 5.54. The van der Waals surface area contributed by atoms with E-state index in [2.05, 4.69) is 154 Å². The van der Waals surface area contributed by atoms with Gasteiger partial charge in [-0.2, -0.15) is 0 Å². The molecule has 10 aliphatic rings. The third-order valence-electron chi connectivity index (χ3n) is 22.2. The normalized spacial score (nSPS) is 20.8. The number of likely N-dealkylation sites (tertiary alicyclic amines) is 1. The molecular weight excluding hydrogens is 1320 g/mol. The van der Waals surface area contributed by atoms with E-state index in [0.29, 0.717) is 18.1 Å². The Bertz CT molecular complexity index is 1140. The average Bonchev–Trinajstić information content (AvgIpc) is 1.92. The van der Waals surface area contributed by atoms with Gasteiger partial charge >= 0.3 is 0 Å². The van der Waals surface area contributed by atoms with E-state index in [-0.39, 0.29) is 0 Å². The Kier molecular flexibility index (Phi) is 122. The van der Waals surface area contributed by atoms with Gasteiger partial charge in [0.15, 0.2) is 0 Å². The first-order chi connectivity index (χ1) is 52.0. The standard InChI is InChI=1S/4C9H18.C8H17N.3C8H16O.C7H15N.C6H13NO.10C2H6/c4*1-8(2)9-6-4-3-5-7-9;1-7(2)8-5-3-4-6-9-8;1-7(2)8-3-5-9-6-4-8;1-7(2)8-4-3-5-9-6-8;1-7(2)8-5-3-4-6-9-8;1-7(2)8-5-3-4-6-8;1-6(2)7-3-4-8-5-7;10*1-2/h4*8-9H,3-7H2,1-2H3;7-9H,3-6H2,1-2H3;3*7-8H,3-6H2,1-2H3;7H,3-6H2,1-2H3;6H,3-5H2,1-2H3;10*1-2H3. The molecule has 10 fully saturated rings. The molecule has 0 radical (unpaired) electrons. The second-order valence-corrected chi connectivity index (χ2v) is 32.7. The molecule has 6 aliphatic heterocycles. The molecule has 6 saturated heterocycles. The zero-order valence-corrected chi connectivity index (χ0v) is 83.8. The lowest BCUT2D eigenvalue weighted by molar-refractivity contribution is -0.0115. The van der Waals surface area contributed by atoms with Crippen molar-refractivity contribution < 1.29 is 18.9 Å². The van der Waals surface area contributed by atoms with Crippen LogP contribution in [0.4, 0.5) is 0 Å². The smallest absolute Gasteiger partial charge is 0.0993 e. The first-order valence-corrected chi connectivity index (χ1v) is 49.6. The van der Waals surface area contributed by atoms with E-state index >= 15 is 0 Å². The fraction of sp³-hybridized carbons (Fsp3) is 1.00. The fourth-order valence-corrected chi connectivity index (χ4v) is 14.7. The fourth-order valence-electron chi connectivity index (χ4n) is 14.7. The van der Waals surface area contributed by atoms with Gasteiger partial charge in [0.2, 0.25) is 0 Å². The van der Waals surface area contributed by atoms with Gasteiger partial charge in [-0.15, -0.1) is 0 Å². The second-order valence-electron chi connectivity index (χ2n) is 32.7. The highest BCUT2D eigenvalue weighted by Gasteiger charge is 2.22. The quantitative estimate of drug-likeness (QED) is 0.234. The first-order valence-electron chi connectivity index (χ1n) is 49.6. The molecule has 4 saturated carbocycles. The van der Waals surface area contributed by atoms with E-state index < -0.39 is 0 Å². The summed E-state index contributed by atoms with van der Waals surface area (Å²) in [5.41, 5.74) is 0. The second kappa shape index (κ2) is 103. The van der Waals surface area contributed by atoms with E-state index in [1.807, 2.05) is 138 Å². The zero-order valence-electron chi connectivity index (χ0n) is 83.8. The van der Waals surface area contributed by atoms with Crippen molar-refractivity contribution in [3.63, 3.8) is 0 Å². The SMILES string of the molecule is CC.CC.CC.CC.CC.CC.CC.CC.CC.CC.CC(C)C1CCCCC1.CC(C)C1CCCCC1.CC(C)C1CCCCC1.CC(C)C1CCCCC1.CC(C)C1CCCCN1.CC(C)C1CCCCO1.CC(C)C1CCCOC1.CC(C)C1CCOCC1.CC(C)N1CCCC1.CC(C)N1CCOC1. The minimum absolute atomic E-state index is 0.554. The lowest BCUT2D eigenvalue weighted by Crippen LogP contribution is -2.37. The molecule has 3 unspecified atom stereocenters. The third kappa shape index (κ3) is 83.7. The van der Waals surface area contributed by atoms with Crippen LogP contribution in [0.25, 0.3) is 0 Å². The molecule has 0 amide bonds. The molecule has 4 aliphatic carbocycles. The van der Waals surface area contributed by atoms with Gasteiger partial charge in [0.1, 0.15) is 0 Å². The van der Waals surface area contributed by atoms with Crippen LogP contribution in [0.3, 0.4) is 0 Å². The predicted molar refractivity (Wildman–Crippen MR) is 503 cm³/mol. The monoisotopic (exact) mass is 1540 g/mol. The van der Waals surface area contributed by atoms with Crippen molar-refractivity contribution in [3.05, 3.63) is 0 Å². The Labute approximate surface area is 692 Å². The van der Waals surface area contributed by atoms with Crippen LogP contribution in [-0.4, -0.2) is 107 Å². The van der Waals surface area contributed by atoms with Crippen molar-refractivity contribution in [2.45, 2.75) is 507 Å². The molecule has 3 atom stereocenters. The van der Waals surface area contributed by atoms with Crippen LogP contribution < -0.4 is 5.32 Å². The zero-order chi connectivity index (χ0) is 85.5. The largest absolute Gasteiger partial charge is 0.381 e. The Morgan fingerprint density at radius 3 is 0.722 bits per heavy atom. The molecule has 0 bridgehead atoms. The summed E-state index contributed by atoms with van der Waals surface area (Å²) in [5.74, 6) is 12.9. The van der Waals surface area contributed by atoms with Gasteiger partial charge in [-0.05, 0) is 201 Å².